The van der Waals surface area contributed by atoms with Gasteiger partial charge in [0.2, 0.25) is 5.95 Å². The molecule has 2 heterocycles. The minimum Gasteiger partial charge on any atom is -0.469 e. The summed E-state index contributed by atoms with van der Waals surface area (Å²) in [4.78, 5) is 21.4. The first kappa shape index (κ1) is 20.4. The number of halogens is 3. The zero-order valence-electron chi connectivity index (χ0n) is 16.7. The standard InChI is InChI=1S/C21H23F3N4O2/c1-12(13-6-4-3-5-7-13)25-20-26-17(21(22,23)24)9-18(27-20)28-10-15-14(16(15)11-28)8-19(29)30-2/h3-7,9,12,14-16H,8,10-11H2,1-2H3,(H,25,26,27)/t12-,14-,15-,16+/m0/s1. The highest BCUT2D eigenvalue weighted by molar-refractivity contribution is 5.70. The maximum atomic E-state index is 13.4. The Bertz CT molecular complexity index is 910. The van der Waals surface area contributed by atoms with Crippen LogP contribution in [0.15, 0.2) is 36.4 Å². The fraction of sp³-hybridized carbons (Fsp3) is 0.476. The molecule has 6 nitrogen and oxygen atoms in total. The smallest absolute Gasteiger partial charge is 0.433 e. The van der Waals surface area contributed by atoms with Crippen LogP contribution < -0.4 is 10.2 Å². The molecule has 1 saturated heterocycles. The van der Waals surface area contributed by atoms with Crippen LogP contribution in [0.3, 0.4) is 0 Å². The summed E-state index contributed by atoms with van der Waals surface area (Å²) in [5.41, 5.74) is -0.0462. The maximum Gasteiger partial charge on any atom is 0.433 e. The minimum atomic E-state index is -4.57. The number of hydrogen-bond acceptors (Lipinski definition) is 6. The first-order valence-corrected chi connectivity index (χ1v) is 9.85. The van der Waals surface area contributed by atoms with Gasteiger partial charge in [0, 0.05) is 25.6 Å². The van der Waals surface area contributed by atoms with Crippen LogP contribution in [0.25, 0.3) is 0 Å². The molecule has 0 radical (unpaired) electrons. The van der Waals surface area contributed by atoms with E-state index < -0.39 is 11.9 Å². The quantitative estimate of drug-likeness (QED) is 0.715. The van der Waals surface area contributed by atoms with Crippen molar-refractivity contribution in [1.29, 1.82) is 0 Å². The van der Waals surface area contributed by atoms with Crippen molar-refractivity contribution >= 4 is 17.7 Å². The summed E-state index contributed by atoms with van der Waals surface area (Å²) in [7, 11) is 1.36. The summed E-state index contributed by atoms with van der Waals surface area (Å²) in [5, 5.41) is 2.99. The molecule has 1 aromatic heterocycles. The number of alkyl halides is 3. The molecule has 0 spiro atoms. The third-order valence-corrected chi connectivity index (χ3v) is 5.97. The summed E-state index contributed by atoms with van der Waals surface area (Å²) >= 11 is 0. The number of carbonyl (C=O) groups excluding carboxylic acids is 1. The molecule has 2 aliphatic rings. The zero-order chi connectivity index (χ0) is 21.5. The Morgan fingerprint density at radius 2 is 1.90 bits per heavy atom. The average molecular weight is 420 g/mol. The van der Waals surface area contributed by atoms with Crippen LogP contribution >= 0.6 is 0 Å². The number of benzene rings is 1. The summed E-state index contributed by atoms with van der Waals surface area (Å²) < 4.78 is 45.0. The second-order valence-electron chi connectivity index (χ2n) is 7.89. The normalized spacial score (nSPS) is 23.6. The van der Waals surface area contributed by atoms with Crippen LogP contribution in [-0.4, -0.2) is 36.1 Å². The number of rotatable bonds is 6. The number of esters is 1. The molecule has 4 atom stereocenters. The molecule has 2 aromatic rings. The number of methoxy groups -OCH3 is 1. The zero-order valence-corrected chi connectivity index (χ0v) is 16.7. The predicted molar refractivity (Wildman–Crippen MR) is 105 cm³/mol. The highest BCUT2D eigenvalue weighted by Gasteiger charge is 2.56. The molecule has 1 N–H and O–H groups in total. The van der Waals surface area contributed by atoms with Crippen LogP contribution in [0.5, 0.6) is 0 Å². The molecule has 0 amide bonds. The van der Waals surface area contributed by atoms with Crippen molar-refractivity contribution in [3.05, 3.63) is 47.7 Å². The predicted octanol–water partition coefficient (Wildman–Crippen LogP) is 3.91. The van der Waals surface area contributed by atoms with Gasteiger partial charge in [-0.25, -0.2) is 4.98 Å². The van der Waals surface area contributed by atoms with E-state index in [1.165, 1.54) is 7.11 Å². The second-order valence-corrected chi connectivity index (χ2v) is 7.89. The molecule has 1 aliphatic heterocycles. The number of nitrogens with one attached hydrogen (secondary N) is 1. The highest BCUT2D eigenvalue weighted by atomic mass is 19.4. The van der Waals surface area contributed by atoms with E-state index in [0.717, 1.165) is 11.6 Å². The molecule has 1 aromatic carbocycles. The van der Waals surface area contributed by atoms with Gasteiger partial charge >= 0.3 is 12.1 Å². The van der Waals surface area contributed by atoms with Gasteiger partial charge in [0.1, 0.15) is 5.82 Å². The molecule has 2 fully saturated rings. The number of fused-ring (bicyclic) bond motifs is 1. The number of ether oxygens (including phenoxy) is 1. The lowest BCUT2D eigenvalue weighted by atomic mass is 10.1. The minimum absolute atomic E-state index is 0.0529. The lowest BCUT2D eigenvalue weighted by molar-refractivity contribution is -0.142. The van der Waals surface area contributed by atoms with Crippen molar-refractivity contribution in [3.63, 3.8) is 0 Å². The summed E-state index contributed by atoms with van der Waals surface area (Å²) in [5.74, 6) is 0.769. The summed E-state index contributed by atoms with van der Waals surface area (Å²) in [6, 6.07) is 10.1. The van der Waals surface area contributed by atoms with Crippen molar-refractivity contribution in [1.82, 2.24) is 9.97 Å². The van der Waals surface area contributed by atoms with Crippen molar-refractivity contribution in [2.24, 2.45) is 17.8 Å². The van der Waals surface area contributed by atoms with Crippen molar-refractivity contribution < 1.29 is 22.7 Å². The molecule has 1 saturated carbocycles. The Kier molecular flexibility index (Phi) is 5.29. The largest absolute Gasteiger partial charge is 0.469 e. The second kappa shape index (κ2) is 7.77. The van der Waals surface area contributed by atoms with Crippen LogP contribution in [0.4, 0.5) is 24.9 Å². The third-order valence-electron chi connectivity index (χ3n) is 5.97. The maximum absolute atomic E-state index is 13.4. The number of nitrogens with zero attached hydrogens (tertiary/aromatic N) is 3. The number of anilines is 2. The molecule has 160 valence electrons. The van der Waals surface area contributed by atoms with E-state index in [1.807, 2.05) is 42.2 Å². The van der Waals surface area contributed by atoms with Crippen LogP contribution in [-0.2, 0) is 15.7 Å². The van der Waals surface area contributed by atoms with Gasteiger partial charge in [-0.3, -0.25) is 4.79 Å². The third kappa shape index (κ3) is 4.20. The van der Waals surface area contributed by atoms with E-state index in [2.05, 4.69) is 15.3 Å². The molecule has 9 heteroatoms. The highest BCUT2D eigenvalue weighted by Crippen LogP contribution is 2.54. The van der Waals surface area contributed by atoms with Crippen molar-refractivity contribution in [3.8, 4) is 0 Å². The Labute approximate surface area is 172 Å². The average Bonchev–Trinajstić information content (AvgIpc) is 3.15. The molecule has 1 aliphatic carbocycles. The van der Waals surface area contributed by atoms with Gasteiger partial charge in [-0.1, -0.05) is 30.3 Å². The van der Waals surface area contributed by atoms with E-state index in [1.54, 1.807) is 0 Å². The lowest BCUT2D eigenvalue weighted by Crippen LogP contribution is -2.27. The topological polar surface area (TPSA) is 67.3 Å². The monoisotopic (exact) mass is 420 g/mol. The van der Waals surface area contributed by atoms with Gasteiger partial charge in [-0.05, 0) is 30.2 Å². The number of aromatic nitrogens is 2. The molecule has 0 bridgehead atoms. The first-order chi connectivity index (χ1) is 14.3. The van der Waals surface area contributed by atoms with Crippen LogP contribution in [0.2, 0.25) is 0 Å². The molecular formula is C21H23F3N4O2. The van der Waals surface area contributed by atoms with Gasteiger partial charge in [0.05, 0.1) is 13.2 Å². The number of piperidine rings is 1. The molecule has 30 heavy (non-hydrogen) atoms. The van der Waals surface area contributed by atoms with Gasteiger partial charge < -0.3 is 15.0 Å². The van der Waals surface area contributed by atoms with E-state index in [4.69, 9.17) is 4.74 Å². The summed E-state index contributed by atoms with van der Waals surface area (Å²) in [6.07, 6.45) is -4.21. The van der Waals surface area contributed by atoms with Gasteiger partial charge in [0.25, 0.3) is 0 Å². The van der Waals surface area contributed by atoms with Crippen LogP contribution in [0.1, 0.15) is 30.6 Å². The molecule has 4 rings (SSSR count). The Morgan fingerprint density at radius 1 is 1.23 bits per heavy atom. The van der Waals surface area contributed by atoms with E-state index in [-0.39, 0.29) is 41.5 Å². The van der Waals surface area contributed by atoms with Crippen molar-refractivity contribution in [2.75, 3.05) is 30.4 Å². The Hall–Kier alpha value is -2.84. The number of carbonyl (C=O) groups is 1. The van der Waals surface area contributed by atoms with E-state index in [0.29, 0.717) is 19.5 Å². The number of hydrogen-bond donors (Lipinski definition) is 1. The summed E-state index contributed by atoms with van der Waals surface area (Å²) in [6.45, 7) is 3.00. The SMILES string of the molecule is COC(=O)C[C@@H]1[C@H]2CN(c3cc(C(F)(F)F)nc(N[C@@H](C)c4ccccc4)n3)C[C@@H]12. The van der Waals surface area contributed by atoms with Crippen LogP contribution in [0, 0.1) is 17.8 Å². The first-order valence-electron chi connectivity index (χ1n) is 9.85. The van der Waals surface area contributed by atoms with Crippen molar-refractivity contribution in [2.45, 2.75) is 25.6 Å². The van der Waals surface area contributed by atoms with Gasteiger partial charge in [-0.15, -0.1) is 0 Å². The van der Waals surface area contributed by atoms with Gasteiger partial charge in [0.15, 0.2) is 5.69 Å². The van der Waals surface area contributed by atoms with E-state index in [9.17, 15) is 18.0 Å². The van der Waals surface area contributed by atoms with Gasteiger partial charge in [-0.2, -0.15) is 18.2 Å². The fourth-order valence-electron chi connectivity index (χ4n) is 4.24. The lowest BCUT2D eigenvalue weighted by Gasteiger charge is -2.23. The van der Waals surface area contributed by atoms with E-state index >= 15 is 0 Å². The fourth-order valence-corrected chi connectivity index (χ4v) is 4.24. The molecule has 0 unspecified atom stereocenters. The molecular weight excluding hydrogens is 397 g/mol. The Morgan fingerprint density at radius 3 is 2.50 bits per heavy atom. The Balaban J connectivity index is 1.51.